The normalized spacial score (nSPS) is 10.6. The SMILES string of the molecule is Cn1ncc2ccc(C=O)c(Br)c21. The largest absolute Gasteiger partial charge is 0.298 e. The topological polar surface area (TPSA) is 34.9 Å². The molecule has 1 aromatic heterocycles. The lowest BCUT2D eigenvalue weighted by Crippen LogP contribution is -1.92. The molecule has 0 aliphatic heterocycles. The van der Waals surface area contributed by atoms with E-state index in [0.717, 1.165) is 21.7 Å². The Morgan fingerprint density at radius 3 is 3.00 bits per heavy atom. The molecule has 66 valence electrons. The van der Waals surface area contributed by atoms with E-state index < -0.39 is 0 Å². The van der Waals surface area contributed by atoms with E-state index in [1.807, 2.05) is 13.1 Å². The van der Waals surface area contributed by atoms with E-state index in [9.17, 15) is 4.79 Å². The first-order valence-corrected chi connectivity index (χ1v) is 4.58. The number of halogens is 1. The zero-order valence-electron chi connectivity index (χ0n) is 6.99. The molecule has 0 saturated carbocycles. The molecule has 0 bridgehead atoms. The van der Waals surface area contributed by atoms with Crippen LogP contribution >= 0.6 is 15.9 Å². The van der Waals surface area contributed by atoms with Crippen molar-refractivity contribution in [3.63, 3.8) is 0 Å². The number of benzene rings is 1. The van der Waals surface area contributed by atoms with Gasteiger partial charge in [-0.05, 0) is 22.0 Å². The zero-order valence-corrected chi connectivity index (χ0v) is 8.58. The molecule has 2 rings (SSSR count). The van der Waals surface area contributed by atoms with Crippen molar-refractivity contribution in [1.29, 1.82) is 0 Å². The van der Waals surface area contributed by atoms with Crippen LogP contribution in [0, 0.1) is 0 Å². The summed E-state index contributed by atoms with van der Waals surface area (Å²) in [5.74, 6) is 0. The predicted molar refractivity (Wildman–Crippen MR) is 53.8 cm³/mol. The molecule has 1 heterocycles. The first kappa shape index (κ1) is 8.44. The van der Waals surface area contributed by atoms with E-state index in [0.29, 0.717) is 5.56 Å². The number of hydrogen-bond acceptors (Lipinski definition) is 2. The van der Waals surface area contributed by atoms with E-state index in [-0.39, 0.29) is 0 Å². The molecule has 0 fully saturated rings. The fraction of sp³-hybridized carbons (Fsp3) is 0.111. The van der Waals surface area contributed by atoms with Crippen LogP contribution in [0.1, 0.15) is 10.4 Å². The maximum atomic E-state index is 10.6. The van der Waals surface area contributed by atoms with Gasteiger partial charge in [-0.1, -0.05) is 6.07 Å². The van der Waals surface area contributed by atoms with E-state index in [2.05, 4.69) is 21.0 Å². The molecule has 0 radical (unpaired) electrons. The number of aldehydes is 1. The summed E-state index contributed by atoms with van der Waals surface area (Å²) >= 11 is 3.38. The van der Waals surface area contributed by atoms with Crippen molar-refractivity contribution >= 4 is 33.1 Å². The third-order valence-corrected chi connectivity index (χ3v) is 2.83. The summed E-state index contributed by atoms with van der Waals surface area (Å²) in [6, 6.07) is 3.66. The summed E-state index contributed by atoms with van der Waals surface area (Å²) in [6.07, 6.45) is 2.60. The highest BCUT2D eigenvalue weighted by atomic mass is 79.9. The van der Waals surface area contributed by atoms with Crippen molar-refractivity contribution in [2.24, 2.45) is 7.05 Å². The van der Waals surface area contributed by atoms with Gasteiger partial charge in [0.2, 0.25) is 0 Å². The van der Waals surface area contributed by atoms with Crippen LogP contribution in [-0.2, 0) is 7.05 Å². The van der Waals surface area contributed by atoms with Gasteiger partial charge in [-0.2, -0.15) is 5.10 Å². The quantitative estimate of drug-likeness (QED) is 0.714. The summed E-state index contributed by atoms with van der Waals surface area (Å²) in [4.78, 5) is 10.6. The van der Waals surface area contributed by atoms with Crippen LogP contribution in [0.25, 0.3) is 10.9 Å². The Labute approximate surface area is 83.5 Å². The van der Waals surface area contributed by atoms with Crippen LogP contribution < -0.4 is 0 Å². The third kappa shape index (κ3) is 1.18. The van der Waals surface area contributed by atoms with Gasteiger partial charge in [0.25, 0.3) is 0 Å². The average molecular weight is 239 g/mol. The fourth-order valence-corrected chi connectivity index (χ4v) is 2.04. The van der Waals surface area contributed by atoms with Crippen molar-refractivity contribution in [3.8, 4) is 0 Å². The molecule has 0 saturated heterocycles. The average Bonchev–Trinajstić information content (AvgIpc) is 2.49. The first-order valence-electron chi connectivity index (χ1n) is 3.79. The van der Waals surface area contributed by atoms with Gasteiger partial charge in [-0.3, -0.25) is 9.48 Å². The molecule has 0 unspecified atom stereocenters. The monoisotopic (exact) mass is 238 g/mol. The molecular formula is C9H7BrN2O. The molecule has 13 heavy (non-hydrogen) atoms. The van der Waals surface area contributed by atoms with E-state index in [4.69, 9.17) is 0 Å². The Kier molecular flexibility index (Phi) is 1.92. The van der Waals surface area contributed by atoms with Crippen LogP contribution in [0.3, 0.4) is 0 Å². The number of rotatable bonds is 1. The number of aromatic nitrogens is 2. The highest BCUT2D eigenvalue weighted by Gasteiger charge is 2.07. The summed E-state index contributed by atoms with van der Waals surface area (Å²) in [6.45, 7) is 0. The van der Waals surface area contributed by atoms with Crippen molar-refractivity contribution in [3.05, 3.63) is 28.4 Å². The lowest BCUT2D eigenvalue weighted by atomic mass is 10.2. The molecule has 3 nitrogen and oxygen atoms in total. The van der Waals surface area contributed by atoms with Gasteiger partial charge < -0.3 is 0 Å². The van der Waals surface area contributed by atoms with E-state index in [1.54, 1.807) is 16.9 Å². The van der Waals surface area contributed by atoms with Gasteiger partial charge in [0.15, 0.2) is 6.29 Å². The number of fused-ring (bicyclic) bond motifs is 1. The Morgan fingerprint density at radius 2 is 2.31 bits per heavy atom. The summed E-state index contributed by atoms with van der Waals surface area (Å²) < 4.78 is 2.55. The second kappa shape index (κ2) is 2.96. The number of aryl methyl sites for hydroxylation is 1. The van der Waals surface area contributed by atoms with E-state index in [1.165, 1.54) is 0 Å². The van der Waals surface area contributed by atoms with Gasteiger partial charge >= 0.3 is 0 Å². The zero-order chi connectivity index (χ0) is 9.42. The molecule has 4 heteroatoms. The Morgan fingerprint density at radius 1 is 1.54 bits per heavy atom. The van der Waals surface area contributed by atoms with Crippen LogP contribution in [0.4, 0.5) is 0 Å². The standard InChI is InChI=1S/C9H7BrN2O/c1-12-9-6(4-11-12)2-3-7(5-13)8(9)10/h2-5H,1H3. The number of nitrogens with zero attached hydrogens (tertiary/aromatic N) is 2. The van der Waals surface area contributed by atoms with Gasteiger partial charge in [0.05, 0.1) is 16.2 Å². The summed E-state index contributed by atoms with van der Waals surface area (Å²) in [5, 5.41) is 5.13. The fourth-order valence-electron chi connectivity index (χ4n) is 1.33. The predicted octanol–water partition coefficient (Wildman–Crippen LogP) is 2.15. The van der Waals surface area contributed by atoms with Crippen molar-refractivity contribution in [1.82, 2.24) is 9.78 Å². The van der Waals surface area contributed by atoms with Crippen molar-refractivity contribution in [2.45, 2.75) is 0 Å². The van der Waals surface area contributed by atoms with Gasteiger partial charge in [-0.25, -0.2) is 0 Å². The minimum Gasteiger partial charge on any atom is -0.298 e. The molecule has 2 aromatic rings. The van der Waals surface area contributed by atoms with Gasteiger partial charge in [0.1, 0.15) is 0 Å². The number of carbonyl (C=O) groups is 1. The summed E-state index contributed by atoms with van der Waals surface area (Å²) in [7, 11) is 1.85. The molecule has 0 atom stereocenters. The third-order valence-electron chi connectivity index (χ3n) is 2.00. The smallest absolute Gasteiger partial charge is 0.151 e. The second-order valence-electron chi connectivity index (χ2n) is 2.79. The highest BCUT2D eigenvalue weighted by molar-refractivity contribution is 9.10. The Hall–Kier alpha value is -1.16. The molecule has 0 spiro atoms. The molecular weight excluding hydrogens is 232 g/mol. The minimum atomic E-state index is 0.649. The molecule has 0 N–H and O–H groups in total. The van der Waals surface area contributed by atoms with E-state index >= 15 is 0 Å². The number of carbonyl (C=O) groups excluding carboxylic acids is 1. The second-order valence-corrected chi connectivity index (χ2v) is 3.59. The maximum Gasteiger partial charge on any atom is 0.151 e. The van der Waals surface area contributed by atoms with Crippen LogP contribution in [0.15, 0.2) is 22.8 Å². The highest BCUT2D eigenvalue weighted by Crippen LogP contribution is 2.25. The molecule has 0 aliphatic rings. The molecule has 0 aliphatic carbocycles. The lowest BCUT2D eigenvalue weighted by molar-refractivity contribution is 0.112. The Bertz CT molecular complexity index is 476. The molecule has 1 aromatic carbocycles. The minimum absolute atomic E-state index is 0.649. The van der Waals surface area contributed by atoms with Gasteiger partial charge in [0, 0.05) is 18.0 Å². The van der Waals surface area contributed by atoms with Gasteiger partial charge in [-0.15, -0.1) is 0 Å². The van der Waals surface area contributed by atoms with Crippen molar-refractivity contribution < 1.29 is 4.79 Å². The summed E-state index contributed by atoms with van der Waals surface area (Å²) in [5.41, 5.74) is 1.60. The first-order chi connectivity index (χ1) is 6.24. The Balaban J connectivity index is 2.91. The maximum absolute atomic E-state index is 10.6. The molecule has 0 amide bonds. The lowest BCUT2D eigenvalue weighted by Gasteiger charge is -1.99. The van der Waals surface area contributed by atoms with Crippen LogP contribution in [0.2, 0.25) is 0 Å². The number of hydrogen-bond donors (Lipinski definition) is 0. The van der Waals surface area contributed by atoms with Crippen LogP contribution in [-0.4, -0.2) is 16.1 Å². The van der Waals surface area contributed by atoms with Crippen LogP contribution in [0.5, 0.6) is 0 Å². The van der Waals surface area contributed by atoms with Crippen molar-refractivity contribution in [2.75, 3.05) is 0 Å².